The van der Waals surface area contributed by atoms with Gasteiger partial charge in [-0.15, -0.1) is 0 Å². The minimum absolute atomic E-state index is 0.0642. The first-order valence-corrected chi connectivity index (χ1v) is 10.6. The summed E-state index contributed by atoms with van der Waals surface area (Å²) in [5.74, 6) is -0.164. The first kappa shape index (κ1) is 22.0. The molecule has 2 aromatic rings. The van der Waals surface area contributed by atoms with Crippen LogP contribution >= 0.6 is 15.9 Å². The average Bonchev–Trinajstić information content (AvgIpc) is 3.23. The zero-order valence-corrected chi connectivity index (χ0v) is 18.6. The van der Waals surface area contributed by atoms with Gasteiger partial charge in [-0.2, -0.15) is 0 Å². The summed E-state index contributed by atoms with van der Waals surface area (Å²) < 4.78 is 6.59. The molecule has 0 bridgehead atoms. The summed E-state index contributed by atoms with van der Waals surface area (Å²) in [4.78, 5) is 28.8. The topological polar surface area (TPSA) is 91.8 Å². The van der Waals surface area contributed by atoms with Crippen molar-refractivity contribution < 1.29 is 14.3 Å². The Morgan fingerprint density at radius 2 is 1.93 bits per heavy atom. The number of hydrogen-bond donors (Lipinski definition) is 3. The molecule has 1 fully saturated rings. The van der Waals surface area contributed by atoms with Crippen LogP contribution in [0.5, 0.6) is 0 Å². The lowest BCUT2D eigenvalue weighted by Gasteiger charge is -2.14. The zero-order chi connectivity index (χ0) is 21.5. The molecule has 0 aliphatic carbocycles. The third-order valence-electron chi connectivity index (χ3n) is 4.63. The number of aryl methyl sites for hydroxylation is 1. The van der Waals surface area contributed by atoms with Crippen LogP contribution in [0.1, 0.15) is 35.7 Å². The summed E-state index contributed by atoms with van der Waals surface area (Å²) in [6.45, 7) is 4.52. The maximum Gasteiger partial charge on any atom is 0.258 e. The molecule has 2 aromatic carbocycles. The predicted octanol–water partition coefficient (Wildman–Crippen LogP) is 4.09. The van der Waals surface area contributed by atoms with Gasteiger partial charge in [0.25, 0.3) is 5.91 Å². The van der Waals surface area contributed by atoms with E-state index >= 15 is 0 Å². The number of ether oxygens (including phenoxy) is 1. The van der Waals surface area contributed by atoms with Gasteiger partial charge in [-0.1, -0.05) is 22.0 Å². The van der Waals surface area contributed by atoms with Crippen molar-refractivity contribution in [3.8, 4) is 0 Å². The molecule has 0 spiro atoms. The molecule has 0 saturated carbocycles. The lowest BCUT2D eigenvalue weighted by molar-refractivity contribution is -0.114. The van der Waals surface area contributed by atoms with E-state index in [1.54, 1.807) is 18.2 Å². The van der Waals surface area contributed by atoms with E-state index in [0.717, 1.165) is 35.2 Å². The van der Waals surface area contributed by atoms with Gasteiger partial charge in [0.2, 0.25) is 11.9 Å². The highest BCUT2D eigenvalue weighted by atomic mass is 79.9. The number of nitrogens with one attached hydrogen (secondary N) is 3. The first-order chi connectivity index (χ1) is 14.4. The monoisotopic (exact) mass is 472 g/mol. The van der Waals surface area contributed by atoms with Gasteiger partial charge in [0.1, 0.15) is 0 Å². The van der Waals surface area contributed by atoms with Crippen molar-refractivity contribution in [2.24, 2.45) is 4.99 Å². The maximum absolute atomic E-state index is 12.9. The number of nitrogens with zero attached hydrogens (tertiary/aromatic N) is 1. The van der Waals surface area contributed by atoms with Crippen molar-refractivity contribution in [1.29, 1.82) is 0 Å². The number of guanidine groups is 1. The van der Waals surface area contributed by atoms with Gasteiger partial charge in [0.05, 0.1) is 12.6 Å². The molecule has 1 heterocycles. The van der Waals surface area contributed by atoms with Crippen LogP contribution in [-0.2, 0) is 9.53 Å². The molecule has 2 amide bonds. The van der Waals surface area contributed by atoms with Crippen molar-refractivity contribution in [2.75, 3.05) is 23.8 Å². The normalized spacial score (nSPS) is 16.2. The SMILES string of the molecule is CC(=O)Nc1cc(C(=O)NC(=NCC2CCCO2)Nc2ccc(Br)cc2)ccc1C. The Labute approximate surface area is 184 Å². The van der Waals surface area contributed by atoms with Crippen molar-refractivity contribution >= 4 is 45.1 Å². The van der Waals surface area contributed by atoms with Crippen LogP contribution < -0.4 is 16.0 Å². The number of hydrogen-bond acceptors (Lipinski definition) is 4. The molecule has 158 valence electrons. The third-order valence-corrected chi connectivity index (χ3v) is 5.16. The molecule has 7 nitrogen and oxygen atoms in total. The Balaban J connectivity index is 1.77. The van der Waals surface area contributed by atoms with E-state index in [0.29, 0.717) is 23.8 Å². The summed E-state index contributed by atoms with van der Waals surface area (Å²) in [7, 11) is 0. The predicted molar refractivity (Wildman–Crippen MR) is 122 cm³/mol. The molecule has 1 atom stereocenters. The second-order valence-corrected chi connectivity index (χ2v) is 8.04. The second-order valence-electron chi connectivity index (χ2n) is 7.12. The Kier molecular flexibility index (Phi) is 7.59. The van der Waals surface area contributed by atoms with Crippen molar-refractivity contribution in [3.05, 3.63) is 58.1 Å². The molecule has 8 heteroatoms. The first-order valence-electron chi connectivity index (χ1n) is 9.79. The summed E-state index contributed by atoms with van der Waals surface area (Å²) in [6.07, 6.45) is 2.05. The van der Waals surface area contributed by atoms with E-state index in [4.69, 9.17) is 4.74 Å². The zero-order valence-electron chi connectivity index (χ0n) is 17.0. The van der Waals surface area contributed by atoms with Gasteiger partial charge in [-0.05, 0) is 61.7 Å². The number of anilines is 2. The quantitative estimate of drug-likeness (QED) is 0.451. The number of carbonyl (C=O) groups is 2. The standard InChI is InChI=1S/C22H25BrN4O3/c1-14-5-6-16(12-20(14)25-15(2)28)21(29)27-22(24-13-19-4-3-11-30-19)26-18-9-7-17(23)8-10-18/h5-10,12,19H,3-4,11,13H2,1-2H3,(H,25,28)(H2,24,26,27,29). The van der Waals surface area contributed by atoms with Gasteiger partial charge < -0.3 is 15.4 Å². The Hall–Kier alpha value is -2.71. The lowest BCUT2D eigenvalue weighted by atomic mass is 10.1. The Bertz CT molecular complexity index is 938. The second kappa shape index (κ2) is 10.4. The highest BCUT2D eigenvalue weighted by Gasteiger charge is 2.16. The van der Waals surface area contributed by atoms with Crippen LogP contribution in [-0.4, -0.2) is 37.0 Å². The molecule has 3 N–H and O–H groups in total. The molecule has 1 aliphatic rings. The minimum atomic E-state index is -0.322. The smallest absolute Gasteiger partial charge is 0.258 e. The van der Waals surface area contributed by atoms with Crippen molar-refractivity contribution in [3.63, 3.8) is 0 Å². The molecular formula is C22H25BrN4O3. The number of carbonyl (C=O) groups excluding carboxylic acids is 2. The Morgan fingerprint density at radius 3 is 2.60 bits per heavy atom. The summed E-state index contributed by atoms with van der Waals surface area (Å²) >= 11 is 3.41. The van der Waals surface area contributed by atoms with Gasteiger partial charge in [0, 0.05) is 34.9 Å². The van der Waals surface area contributed by atoms with Gasteiger partial charge in [-0.3, -0.25) is 14.9 Å². The highest BCUT2D eigenvalue weighted by molar-refractivity contribution is 9.10. The number of aliphatic imine (C=N–C) groups is 1. The average molecular weight is 473 g/mol. The summed E-state index contributed by atoms with van der Waals surface area (Å²) in [6, 6.07) is 12.8. The molecule has 3 rings (SSSR count). The van der Waals surface area contributed by atoms with Gasteiger partial charge in [-0.25, -0.2) is 4.99 Å². The number of rotatable bonds is 5. The van der Waals surface area contributed by atoms with Gasteiger partial charge in [0.15, 0.2) is 0 Å². The molecule has 0 radical (unpaired) electrons. The van der Waals surface area contributed by atoms with E-state index in [2.05, 4.69) is 36.9 Å². The van der Waals surface area contributed by atoms with Crippen LogP contribution in [0.3, 0.4) is 0 Å². The van der Waals surface area contributed by atoms with Crippen molar-refractivity contribution in [1.82, 2.24) is 5.32 Å². The van der Waals surface area contributed by atoms with Crippen LogP contribution in [0, 0.1) is 6.92 Å². The van der Waals surface area contributed by atoms with E-state index in [9.17, 15) is 9.59 Å². The number of halogens is 1. The molecule has 1 aliphatic heterocycles. The van der Waals surface area contributed by atoms with E-state index in [-0.39, 0.29) is 17.9 Å². The van der Waals surface area contributed by atoms with Crippen LogP contribution in [0.15, 0.2) is 51.9 Å². The fraction of sp³-hybridized carbons (Fsp3) is 0.318. The number of amides is 2. The maximum atomic E-state index is 12.9. The molecule has 1 saturated heterocycles. The van der Waals surface area contributed by atoms with E-state index in [1.165, 1.54) is 6.92 Å². The van der Waals surface area contributed by atoms with Crippen molar-refractivity contribution in [2.45, 2.75) is 32.8 Å². The molecule has 0 aromatic heterocycles. The largest absolute Gasteiger partial charge is 0.376 e. The van der Waals surface area contributed by atoms with Crippen LogP contribution in [0.4, 0.5) is 11.4 Å². The highest BCUT2D eigenvalue weighted by Crippen LogP contribution is 2.18. The summed E-state index contributed by atoms with van der Waals surface area (Å²) in [5.41, 5.74) is 2.70. The van der Waals surface area contributed by atoms with Gasteiger partial charge >= 0.3 is 0 Å². The third kappa shape index (κ3) is 6.40. The molecular weight excluding hydrogens is 448 g/mol. The van der Waals surface area contributed by atoms with Crippen LogP contribution in [0.2, 0.25) is 0 Å². The Morgan fingerprint density at radius 1 is 1.17 bits per heavy atom. The summed E-state index contributed by atoms with van der Waals surface area (Å²) in [5, 5.41) is 8.74. The molecule has 30 heavy (non-hydrogen) atoms. The lowest BCUT2D eigenvalue weighted by Crippen LogP contribution is -2.36. The fourth-order valence-electron chi connectivity index (χ4n) is 3.03. The fourth-order valence-corrected chi connectivity index (χ4v) is 3.29. The van der Waals surface area contributed by atoms with E-state index < -0.39 is 0 Å². The molecule has 1 unspecified atom stereocenters. The van der Waals surface area contributed by atoms with Crippen LogP contribution in [0.25, 0.3) is 0 Å². The minimum Gasteiger partial charge on any atom is -0.376 e. The number of benzene rings is 2. The van der Waals surface area contributed by atoms with E-state index in [1.807, 2.05) is 31.2 Å².